The third-order valence-electron chi connectivity index (χ3n) is 0.338. The lowest BCUT2D eigenvalue weighted by Gasteiger charge is -1.83. The van der Waals surface area contributed by atoms with Crippen LogP contribution in [0, 0.1) is 0 Å². The summed E-state index contributed by atoms with van der Waals surface area (Å²) < 4.78 is 0. The van der Waals surface area contributed by atoms with Crippen LogP contribution in [0.4, 0.5) is 0 Å². The second kappa shape index (κ2) is 3.88. The van der Waals surface area contributed by atoms with E-state index in [-0.39, 0.29) is 0 Å². The third-order valence-corrected chi connectivity index (χ3v) is 0.948. The largest absolute Gasteiger partial charge is 0.0848 e. The van der Waals surface area contributed by atoms with E-state index in [9.17, 15) is 0 Å². The molecular formula is C4H6Br2. The molecule has 1 unspecified atom stereocenters. The van der Waals surface area contributed by atoms with Crippen molar-refractivity contribution in [1.82, 2.24) is 0 Å². The molecule has 0 saturated heterocycles. The zero-order valence-electron chi connectivity index (χ0n) is 3.49. The normalized spacial score (nSPS) is 15.8. The van der Waals surface area contributed by atoms with Gasteiger partial charge in [0.2, 0.25) is 0 Å². The average molecular weight is 214 g/mol. The molecule has 0 aromatic carbocycles. The Kier molecular flexibility index (Phi) is 4.33. The van der Waals surface area contributed by atoms with Crippen LogP contribution >= 0.6 is 31.9 Å². The summed E-state index contributed by atoms with van der Waals surface area (Å²) in [6.07, 6.45) is 2.00. The van der Waals surface area contributed by atoms with Gasteiger partial charge in [0.05, 0.1) is 0 Å². The fourth-order valence-electron chi connectivity index (χ4n) is 0.100. The second-order valence-electron chi connectivity index (χ2n) is 0.996. The van der Waals surface area contributed by atoms with Gasteiger partial charge in [-0.3, -0.25) is 0 Å². The maximum absolute atomic E-state index is 3.32. The Morgan fingerprint density at radius 2 is 2.17 bits per heavy atom. The molecule has 0 rings (SSSR count). The van der Waals surface area contributed by atoms with E-state index in [1.807, 2.05) is 11.1 Å². The molecule has 36 valence electrons. The Morgan fingerprint density at radius 1 is 1.67 bits per heavy atom. The van der Waals surface area contributed by atoms with E-state index in [4.69, 9.17) is 0 Å². The molecule has 0 fully saturated rings. The van der Waals surface area contributed by atoms with Gasteiger partial charge >= 0.3 is 0 Å². The van der Waals surface area contributed by atoms with Gasteiger partial charge in [0.25, 0.3) is 0 Å². The van der Waals surface area contributed by atoms with Crippen molar-refractivity contribution < 1.29 is 0 Å². The number of hydrogen-bond donors (Lipinski definition) is 0. The summed E-state index contributed by atoms with van der Waals surface area (Å²) in [5.41, 5.74) is 0. The summed E-state index contributed by atoms with van der Waals surface area (Å²) in [5.74, 6) is 0. The lowest BCUT2D eigenvalue weighted by atomic mass is 10.5. The van der Waals surface area contributed by atoms with E-state index >= 15 is 0 Å². The van der Waals surface area contributed by atoms with Gasteiger partial charge in [-0.1, -0.05) is 37.9 Å². The zero-order chi connectivity index (χ0) is 4.99. The molecule has 1 atom stereocenters. The van der Waals surface area contributed by atoms with Crippen molar-refractivity contribution in [2.75, 3.05) is 0 Å². The Labute approximate surface area is 54.9 Å². The van der Waals surface area contributed by atoms with Crippen LogP contribution in [0.5, 0.6) is 0 Å². The van der Waals surface area contributed by atoms with Crippen LogP contribution in [0.3, 0.4) is 0 Å². The maximum Gasteiger partial charge on any atom is 0.0305 e. The molecule has 0 aliphatic rings. The molecule has 0 aromatic rings. The van der Waals surface area contributed by atoms with Crippen molar-refractivity contribution in [3.05, 3.63) is 11.1 Å². The van der Waals surface area contributed by atoms with Gasteiger partial charge in [-0.15, -0.1) is 0 Å². The molecule has 6 heavy (non-hydrogen) atoms. The van der Waals surface area contributed by atoms with Gasteiger partial charge in [-0.2, -0.15) is 0 Å². The third kappa shape index (κ3) is 4.70. The molecule has 0 heterocycles. The molecule has 2 heteroatoms. The molecule has 0 aromatic heterocycles. The molecular weight excluding hydrogens is 208 g/mol. The van der Waals surface area contributed by atoms with Gasteiger partial charge in [0.15, 0.2) is 0 Å². The van der Waals surface area contributed by atoms with Crippen molar-refractivity contribution in [2.45, 2.75) is 11.8 Å². The molecule has 0 saturated carbocycles. The molecule has 0 radical (unpaired) electrons. The molecule has 0 amide bonds. The van der Waals surface area contributed by atoms with Crippen molar-refractivity contribution in [1.29, 1.82) is 0 Å². The smallest absolute Gasteiger partial charge is 0.0305 e. The lowest BCUT2D eigenvalue weighted by molar-refractivity contribution is 1.28. The first-order valence-electron chi connectivity index (χ1n) is 1.68. The second-order valence-corrected chi connectivity index (χ2v) is 2.97. The minimum atomic E-state index is 0.483. The van der Waals surface area contributed by atoms with Crippen LogP contribution in [-0.2, 0) is 0 Å². The van der Waals surface area contributed by atoms with E-state index in [2.05, 4.69) is 38.8 Å². The summed E-state index contributed by atoms with van der Waals surface area (Å²) in [6.45, 7) is 2.05. The van der Waals surface area contributed by atoms with Crippen LogP contribution in [-0.4, -0.2) is 4.83 Å². The van der Waals surface area contributed by atoms with Gasteiger partial charge in [-0.05, 0) is 11.9 Å². The maximum atomic E-state index is 3.32. The number of halogens is 2. The highest BCUT2D eigenvalue weighted by Gasteiger charge is 1.79. The topological polar surface area (TPSA) is 0 Å². The van der Waals surface area contributed by atoms with Gasteiger partial charge in [-0.25, -0.2) is 0 Å². The van der Waals surface area contributed by atoms with Gasteiger partial charge in [0, 0.05) is 4.83 Å². The minimum Gasteiger partial charge on any atom is -0.0848 e. The van der Waals surface area contributed by atoms with Crippen LogP contribution in [0.2, 0.25) is 0 Å². The molecule has 0 aliphatic heterocycles. The molecule has 0 aliphatic carbocycles. The van der Waals surface area contributed by atoms with E-state index in [1.165, 1.54) is 0 Å². The summed E-state index contributed by atoms with van der Waals surface area (Å²) in [6, 6.07) is 0. The van der Waals surface area contributed by atoms with Gasteiger partial charge in [0.1, 0.15) is 0 Å². The SMILES string of the molecule is CC(Br)C=CBr. The van der Waals surface area contributed by atoms with Crippen LogP contribution in [0.1, 0.15) is 6.92 Å². The first-order chi connectivity index (χ1) is 2.77. The molecule has 0 bridgehead atoms. The highest BCUT2D eigenvalue weighted by molar-refractivity contribution is 9.11. The highest BCUT2D eigenvalue weighted by atomic mass is 79.9. The summed E-state index contributed by atoms with van der Waals surface area (Å²) in [7, 11) is 0. The van der Waals surface area contributed by atoms with E-state index in [1.54, 1.807) is 0 Å². The lowest BCUT2D eigenvalue weighted by Crippen LogP contribution is -1.75. The number of rotatable bonds is 1. The summed E-state index contributed by atoms with van der Waals surface area (Å²) in [4.78, 5) is 2.32. The average Bonchev–Trinajstić information content (AvgIpc) is 1.35. The molecule has 0 nitrogen and oxygen atoms in total. The quantitative estimate of drug-likeness (QED) is 0.588. The number of hydrogen-bond acceptors (Lipinski definition) is 0. The highest BCUT2D eigenvalue weighted by Crippen LogP contribution is 1.99. The molecule has 0 spiro atoms. The molecule has 0 N–H and O–H groups in total. The summed E-state index contributed by atoms with van der Waals surface area (Å²) >= 11 is 6.46. The van der Waals surface area contributed by atoms with Crippen molar-refractivity contribution in [3.8, 4) is 0 Å². The van der Waals surface area contributed by atoms with Crippen LogP contribution in [0.25, 0.3) is 0 Å². The van der Waals surface area contributed by atoms with E-state index in [0.717, 1.165) is 0 Å². The van der Waals surface area contributed by atoms with E-state index in [0.29, 0.717) is 4.83 Å². The standard InChI is InChI=1S/C4H6Br2/c1-4(6)2-3-5/h2-4H,1H3. The van der Waals surface area contributed by atoms with Crippen LogP contribution < -0.4 is 0 Å². The predicted molar refractivity (Wildman–Crippen MR) is 36.5 cm³/mol. The minimum absolute atomic E-state index is 0.483. The van der Waals surface area contributed by atoms with Crippen molar-refractivity contribution >= 4 is 31.9 Å². The summed E-state index contributed by atoms with van der Waals surface area (Å²) in [5, 5.41) is 0. The Morgan fingerprint density at radius 3 is 2.17 bits per heavy atom. The van der Waals surface area contributed by atoms with E-state index < -0.39 is 0 Å². The zero-order valence-corrected chi connectivity index (χ0v) is 6.66. The van der Waals surface area contributed by atoms with Gasteiger partial charge < -0.3 is 0 Å². The monoisotopic (exact) mass is 212 g/mol. The predicted octanol–water partition coefficient (Wildman–Crippen LogP) is 2.68. The fraction of sp³-hybridized carbons (Fsp3) is 0.500. The first-order valence-corrected chi connectivity index (χ1v) is 3.51. The Bertz CT molecular complexity index is 47.5. The Hall–Kier alpha value is 0.700. The fourth-order valence-corrected chi connectivity index (χ4v) is 1.12. The van der Waals surface area contributed by atoms with Crippen molar-refractivity contribution in [2.24, 2.45) is 0 Å². The van der Waals surface area contributed by atoms with Crippen LogP contribution in [0.15, 0.2) is 11.1 Å². The number of alkyl halides is 1. The van der Waals surface area contributed by atoms with Crippen molar-refractivity contribution in [3.63, 3.8) is 0 Å². The Balaban J connectivity index is 3.03. The number of allylic oxidation sites excluding steroid dienone is 1. The first kappa shape index (κ1) is 6.70.